The summed E-state index contributed by atoms with van der Waals surface area (Å²) < 4.78 is 2.51. The quantitative estimate of drug-likeness (QED) is 0.279. The van der Waals surface area contributed by atoms with Gasteiger partial charge in [-0.15, -0.1) is 0 Å². The van der Waals surface area contributed by atoms with Crippen LogP contribution in [0.2, 0.25) is 0 Å². The van der Waals surface area contributed by atoms with Crippen LogP contribution >= 0.6 is 0 Å². The molecule has 0 amide bonds. The van der Waals surface area contributed by atoms with E-state index in [1.54, 1.807) is 0 Å². The lowest BCUT2D eigenvalue weighted by Gasteiger charge is -2.25. The van der Waals surface area contributed by atoms with Crippen LogP contribution in [0.4, 0.5) is 0 Å². The molecular weight excluding hydrogens is 460 g/mol. The van der Waals surface area contributed by atoms with Crippen LogP contribution in [0.5, 0.6) is 0 Å². The van der Waals surface area contributed by atoms with Crippen LogP contribution in [0.25, 0.3) is 39.4 Å². The molecule has 2 aliphatic rings. The first-order valence-electron chi connectivity index (χ1n) is 13.4. The highest BCUT2D eigenvalue weighted by molar-refractivity contribution is 6.02. The highest BCUT2D eigenvalue weighted by Gasteiger charge is 2.39. The monoisotopic (exact) mass is 492 g/mol. The van der Waals surface area contributed by atoms with E-state index in [0.717, 1.165) is 29.7 Å². The van der Waals surface area contributed by atoms with E-state index in [-0.39, 0.29) is 5.41 Å². The number of aromatic nitrogens is 1. The Hall–Kier alpha value is -4.35. The SMILES string of the molecule is C=CC1=C(/C=C\C)C(C)(C)c2c1ccc1c3c(n(-c4cc(C)cc(-c5ccccc5C#N)c4)c21)CCC=C3. The molecule has 0 aliphatic heterocycles. The smallest absolute Gasteiger partial charge is 0.0998 e. The van der Waals surface area contributed by atoms with E-state index in [2.05, 4.69) is 99.5 Å². The Morgan fingerprint density at radius 2 is 1.87 bits per heavy atom. The summed E-state index contributed by atoms with van der Waals surface area (Å²) in [5, 5.41) is 11.1. The second-order valence-electron chi connectivity index (χ2n) is 10.9. The molecule has 0 radical (unpaired) electrons. The molecule has 0 unspecified atom stereocenters. The fraction of sp³-hybridized carbons (Fsp3) is 0.194. The Morgan fingerprint density at radius 1 is 1.05 bits per heavy atom. The topological polar surface area (TPSA) is 28.7 Å². The van der Waals surface area contributed by atoms with Crippen LogP contribution < -0.4 is 0 Å². The minimum absolute atomic E-state index is 0.173. The van der Waals surface area contributed by atoms with Crippen molar-refractivity contribution in [3.8, 4) is 22.9 Å². The lowest BCUT2D eigenvalue weighted by Crippen LogP contribution is -2.18. The Morgan fingerprint density at radius 3 is 2.63 bits per heavy atom. The first-order chi connectivity index (χ1) is 18.4. The largest absolute Gasteiger partial charge is 0.313 e. The molecule has 1 aromatic heterocycles. The van der Waals surface area contributed by atoms with E-state index in [1.807, 2.05) is 30.3 Å². The van der Waals surface area contributed by atoms with Crippen LogP contribution in [-0.2, 0) is 11.8 Å². The summed E-state index contributed by atoms with van der Waals surface area (Å²) in [5.74, 6) is 0. The van der Waals surface area contributed by atoms with E-state index in [1.165, 1.54) is 50.0 Å². The maximum atomic E-state index is 9.80. The van der Waals surface area contributed by atoms with Gasteiger partial charge in [-0.05, 0) is 83.9 Å². The molecule has 2 heteroatoms. The summed E-state index contributed by atoms with van der Waals surface area (Å²) >= 11 is 0. The fourth-order valence-electron chi connectivity index (χ4n) is 6.63. The van der Waals surface area contributed by atoms with Gasteiger partial charge in [0.1, 0.15) is 0 Å². The standard InChI is InChI=1S/C36H32N2/c1-6-12-32-27(7-2)30-17-18-31-29-15-10-11-16-33(29)38(35(31)34(30)36(32,4)5)26-20-23(3)19-25(21-26)28-14-9-8-13-24(28)22-37/h6-10,12-15,17-21H,2,11,16H2,1,3-5H3/b12-6-. The predicted molar refractivity (Wildman–Crippen MR) is 160 cm³/mol. The van der Waals surface area contributed by atoms with Crippen molar-refractivity contribution in [1.82, 2.24) is 4.57 Å². The average molecular weight is 493 g/mol. The van der Waals surface area contributed by atoms with Gasteiger partial charge in [0.15, 0.2) is 0 Å². The molecule has 6 rings (SSSR count). The van der Waals surface area contributed by atoms with Crippen LogP contribution in [-0.4, -0.2) is 4.57 Å². The predicted octanol–water partition coefficient (Wildman–Crippen LogP) is 9.24. The van der Waals surface area contributed by atoms with Crippen molar-refractivity contribution >= 4 is 22.6 Å². The Bertz CT molecular complexity index is 1780. The van der Waals surface area contributed by atoms with Crippen molar-refractivity contribution < 1.29 is 0 Å². The minimum Gasteiger partial charge on any atom is -0.313 e. The van der Waals surface area contributed by atoms with Gasteiger partial charge in [0.2, 0.25) is 0 Å². The van der Waals surface area contributed by atoms with Gasteiger partial charge >= 0.3 is 0 Å². The highest BCUT2D eigenvalue weighted by Crippen LogP contribution is 2.52. The van der Waals surface area contributed by atoms with Crippen LogP contribution in [0.15, 0.2) is 91.1 Å². The molecule has 186 valence electrons. The summed E-state index contributed by atoms with van der Waals surface area (Å²) in [6, 6.07) is 21.6. The number of rotatable bonds is 4. The molecule has 0 atom stereocenters. The molecule has 2 nitrogen and oxygen atoms in total. The van der Waals surface area contributed by atoms with Crippen molar-refractivity contribution in [3.05, 3.63) is 125 Å². The van der Waals surface area contributed by atoms with Gasteiger partial charge in [0.05, 0.1) is 17.1 Å². The normalized spacial score (nSPS) is 15.7. The van der Waals surface area contributed by atoms with Gasteiger partial charge in [-0.1, -0.05) is 87.2 Å². The molecule has 0 saturated carbocycles. The third kappa shape index (κ3) is 3.39. The Balaban J connectivity index is 1.72. The summed E-state index contributed by atoms with van der Waals surface area (Å²) in [6.07, 6.45) is 13.0. The van der Waals surface area contributed by atoms with E-state index in [9.17, 15) is 5.26 Å². The van der Waals surface area contributed by atoms with Crippen molar-refractivity contribution in [1.29, 1.82) is 5.26 Å². The van der Waals surface area contributed by atoms with Gasteiger partial charge < -0.3 is 4.57 Å². The maximum Gasteiger partial charge on any atom is 0.0998 e. The number of fused-ring (bicyclic) bond motifs is 5. The van der Waals surface area contributed by atoms with Crippen molar-refractivity contribution in [3.63, 3.8) is 0 Å². The lowest BCUT2D eigenvalue weighted by atomic mass is 9.80. The van der Waals surface area contributed by atoms with Crippen molar-refractivity contribution in [2.75, 3.05) is 0 Å². The Kier molecular flexibility index (Phi) is 5.62. The van der Waals surface area contributed by atoms with Crippen LogP contribution in [0.3, 0.4) is 0 Å². The second kappa shape index (κ2) is 8.89. The molecule has 0 N–H and O–H groups in total. The van der Waals surface area contributed by atoms with Gasteiger partial charge in [0.25, 0.3) is 0 Å². The molecule has 0 bridgehead atoms. The van der Waals surface area contributed by atoms with E-state index >= 15 is 0 Å². The second-order valence-corrected chi connectivity index (χ2v) is 10.9. The van der Waals surface area contributed by atoms with E-state index in [4.69, 9.17) is 0 Å². The van der Waals surface area contributed by atoms with Gasteiger partial charge in [0, 0.05) is 27.7 Å². The zero-order valence-corrected chi connectivity index (χ0v) is 22.6. The van der Waals surface area contributed by atoms with Gasteiger partial charge in [-0.2, -0.15) is 5.26 Å². The number of nitriles is 1. The molecule has 38 heavy (non-hydrogen) atoms. The number of aryl methyl sites for hydroxylation is 1. The maximum absolute atomic E-state index is 9.80. The van der Waals surface area contributed by atoms with Crippen molar-refractivity contribution in [2.45, 2.75) is 46.0 Å². The molecule has 2 aliphatic carbocycles. The van der Waals surface area contributed by atoms with Gasteiger partial charge in [-0.25, -0.2) is 0 Å². The minimum atomic E-state index is -0.173. The zero-order chi connectivity index (χ0) is 26.6. The fourth-order valence-corrected chi connectivity index (χ4v) is 6.63. The number of benzene rings is 3. The summed E-state index contributed by atoms with van der Waals surface area (Å²) in [5.41, 5.74) is 14.0. The van der Waals surface area contributed by atoms with Crippen LogP contribution in [0, 0.1) is 18.3 Å². The highest BCUT2D eigenvalue weighted by atomic mass is 15.0. The number of hydrogen-bond acceptors (Lipinski definition) is 1. The lowest BCUT2D eigenvalue weighted by molar-refractivity contribution is 0.657. The molecule has 0 saturated heterocycles. The van der Waals surface area contributed by atoms with E-state index in [0.29, 0.717) is 5.56 Å². The number of nitrogens with zero attached hydrogens (tertiary/aromatic N) is 2. The molecular formula is C36H32N2. The first-order valence-corrected chi connectivity index (χ1v) is 13.4. The summed E-state index contributed by atoms with van der Waals surface area (Å²) in [7, 11) is 0. The Labute approximate surface area is 225 Å². The van der Waals surface area contributed by atoms with E-state index < -0.39 is 0 Å². The molecule has 1 heterocycles. The number of allylic oxidation sites excluding steroid dienone is 6. The molecule has 4 aromatic rings. The summed E-state index contributed by atoms with van der Waals surface area (Å²) in [4.78, 5) is 0. The zero-order valence-electron chi connectivity index (χ0n) is 22.6. The third-order valence-corrected chi connectivity index (χ3v) is 8.20. The van der Waals surface area contributed by atoms with Crippen molar-refractivity contribution in [2.24, 2.45) is 0 Å². The number of hydrogen-bond donors (Lipinski definition) is 0. The average Bonchev–Trinajstić information content (AvgIpc) is 3.37. The summed E-state index contributed by atoms with van der Waals surface area (Å²) in [6.45, 7) is 13.1. The first kappa shape index (κ1) is 24.0. The third-order valence-electron chi connectivity index (χ3n) is 8.20. The molecule has 0 spiro atoms. The van der Waals surface area contributed by atoms with Crippen LogP contribution in [0.1, 0.15) is 60.7 Å². The molecule has 3 aromatic carbocycles. The molecule has 0 fully saturated rings. The van der Waals surface area contributed by atoms with Gasteiger partial charge in [-0.3, -0.25) is 0 Å².